The zero-order valence-electron chi connectivity index (χ0n) is 8.23. The summed E-state index contributed by atoms with van der Waals surface area (Å²) in [5.74, 6) is 0. The number of hydrogen-bond acceptors (Lipinski definition) is 3. The average molecular weight is 211 g/mol. The standard InChI is InChI=1S/C10H13NO2S/c1-11(2)10(13)14-9-5-3-4-8(6-9)7-12/h3-6,12H,7H2,1-2H3. The van der Waals surface area contributed by atoms with Gasteiger partial charge in [-0.25, -0.2) is 0 Å². The number of hydrogen-bond donors (Lipinski definition) is 1. The van der Waals surface area contributed by atoms with E-state index >= 15 is 0 Å². The fourth-order valence-corrected chi connectivity index (χ4v) is 1.64. The Bertz CT molecular complexity index is 326. The Balaban J connectivity index is 2.72. The molecular formula is C10H13NO2S. The molecule has 0 atom stereocenters. The highest BCUT2D eigenvalue weighted by Crippen LogP contribution is 2.21. The van der Waals surface area contributed by atoms with E-state index in [1.54, 1.807) is 14.1 Å². The maximum atomic E-state index is 11.3. The fourth-order valence-electron chi connectivity index (χ4n) is 0.899. The highest BCUT2D eigenvalue weighted by Gasteiger charge is 2.06. The van der Waals surface area contributed by atoms with Crippen LogP contribution in [-0.2, 0) is 6.61 Å². The molecule has 14 heavy (non-hydrogen) atoms. The third-order valence-corrected chi connectivity index (χ3v) is 2.68. The summed E-state index contributed by atoms with van der Waals surface area (Å²) in [7, 11) is 3.43. The lowest BCUT2D eigenvalue weighted by Gasteiger charge is -2.09. The average Bonchev–Trinajstić information content (AvgIpc) is 2.18. The van der Waals surface area contributed by atoms with E-state index < -0.39 is 0 Å². The molecule has 0 aromatic heterocycles. The van der Waals surface area contributed by atoms with Crippen molar-refractivity contribution in [1.29, 1.82) is 0 Å². The van der Waals surface area contributed by atoms with Gasteiger partial charge in [-0.05, 0) is 29.5 Å². The van der Waals surface area contributed by atoms with E-state index in [1.165, 1.54) is 4.90 Å². The second-order valence-corrected chi connectivity index (χ2v) is 4.09. The van der Waals surface area contributed by atoms with E-state index in [4.69, 9.17) is 5.11 Å². The summed E-state index contributed by atoms with van der Waals surface area (Å²) >= 11 is 1.16. The minimum Gasteiger partial charge on any atom is -0.392 e. The number of rotatable bonds is 2. The molecule has 0 aliphatic rings. The first-order chi connectivity index (χ1) is 6.63. The van der Waals surface area contributed by atoms with Gasteiger partial charge in [0, 0.05) is 19.0 Å². The predicted molar refractivity (Wildman–Crippen MR) is 57.3 cm³/mol. The molecule has 1 rings (SSSR count). The first kappa shape index (κ1) is 11.1. The molecule has 0 saturated carbocycles. The van der Waals surface area contributed by atoms with E-state index in [2.05, 4.69) is 0 Å². The van der Waals surface area contributed by atoms with Crippen molar-refractivity contribution in [2.75, 3.05) is 14.1 Å². The molecule has 0 aliphatic carbocycles. The Morgan fingerprint density at radius 2 is 2.21 bits per heavy atom. The fraction of sp³-hybridized carbons (Fsp3) is 0.300. The molecule has 0 heterocycles. The van der Waals surface area contributed by atoms with Crippen molar-refractivity contribution in [3.63, 3.8) is 0 Å². The van der Waals surface area contributed by atoms with Gasteiger partial charge in [-0.2, -0.15) is 0 Å². The normalized spacial score (nSPS) is 9.93. The number of carbonyl (C=O) groups excluding carboxylic acids is 1. The Hall–Kier alpha value is -1.00. The molecule has 1 amide bonds. The number of amides is 1. The Morgan fingerprint density at radius 3 is 2.79 bits per heavy atom. The number of nitrogens with zero attached hydrogens (tertiary/aromatic N) is 1. The number of aliphatic hydroxyl groups is 1. The van der Waals surface area contributed by atoms with Crippen LogP contribution in [0.15, 0.2) is 29.2 Å². The van der Waals surface area contributed by atoms with Crippen LogP contribution in [-0.4, -0.2) is 29.3 Å². The van der Waals surface area contributed by atoms with Gasteiger partial charge >= 0.3 is 0 Å². The lowest BCUT2D eigenvalue weighted by Crippen LogP contribution is -2.15. The summed E-state index contributed by atoms with van der Waals surface area (Å²) in [6.07, 6.45) is 0. The Kier molecular flexibility index (Phi) is 3.98. The predicted octanol–water partition coefficient (Wildman–Crippen LogP) is 1.95. The molecule has 76 valence electrons. The van der Waals surface area contributed by atoms with Gasteiger partial charge in [-0.15, -0.1) is 0 Å². The van der Waals surface area contributed by atoms with E-state index in [9.17, 15) is 4.79 Å². The first-order valence-electron chi connectivity index (χ1n) is 4.22. The maximum absolute atomic E-state index is 11.3. The van der Waals surface area contributed by atoms with Crippen LogP contribution in [0.25, 0.3) is 0 Å². The van der Waals surface area contributed by atoms with Gasteiger partial charge in [-0.3, -0.25) is 4.79 Å². The van der Waals surface area contributed by atoms with Gasteiger partial charge in [0.2, 0.25) is 0 Å². The molecule has 0 aliphatic heterocycles. The summed E-state index contributed by atoms with van der Waals surface area (Å²) in [5.41, 5.74) is 0.821. The van der Waals surface area contributed by atoms with Crippen LogP contribution in [0.1, 0.15) is 5.56 Å². The third-order valence-electron chi connectivity index (χ3n) is 1.65. The van der Waals surface area contributed by atoms with Gasteiger partial charge in [0.15, 0.2) is 0 Å². The number of thioether (sulfide) groups is 1. The van der Waals surface area contributed by atoms with E-state index in [0.717, 1.165) is 22.2 Å². The van der Waals surface area contributed by atoms with Crippen LogP contribution < -0.4 is 0 Å². The van der Waals surface area contributed by atoms with Crippen LogP contribution in [0, 0.1) is 0 Å². The minimum atomic E-state index is -0.0138. The summed E-state index contributed by atoms with van der Waals surface area (Å²) < 4.78 is 0. The topological polar surface area (TPSA) is 40.5 Å². The molecule has 1 N–H and O–H groups in total. The van der Waals surface area contributed by atoms with Crippen molar-refractivity contribution >= 4 is 17.0 Å². The molecule has 0 bridgehead atoms. The number of benzene rings is 1. The molecule has 4 heteroatoms. The lowest BCUT2D eigenvalue weighted by molar-refractivity contribution is 0.241. The van der Waals surface area contributed by atoms with E-state index in [1.807, 2.05) is 24.3 Å². The monoisotopic (exact) mass is 211 g/mol. The second-order valence-electron chi connectivity index (χ2n) is 3.07. The second kappa shape index (κ2) is 5.02. The van der Waals surface area contributed by atoms with Gasteiger partial charge in [0.1, 0.15) is 0 Å². The molecule has 0 spiro atoms. The van der Waals surface area contributed by atoms with Crippen LogP contribution in [0.5, 0.6) is 0 Å². The zero-order chi connectivity index (χ0) is 10.6. The third kappa shape index (κ3) is 3.05. The van der Waals surface area contributed by atoms with Gasteiger partial charge < -0.3 is 10.0 Å². The Labute approximate surface area is 87.7 Å². The molecule has 0 unspecified atom stereocenters. The summed E-state index contributed by atoms with van der Waals surface area (Å²) in [5, 5.41) is 8.89. The zero-order valence-corrected chi connectivity index (χ0v) is 9.04. The van der Waals surface area contributed by atoms with E-state index in [0.29, 0.717) is 0 Å². The highest BCUT2D eigenvalue weighted by molar-refractivity contribution is 8.13. The van der Waals surface area contributed by atoms with Crippen LogP contribution in [0.2, 0.25) is 0 Å². The summed E-state index contributed by atoms with van der Waals surface area (Å²) in [4.78, 5) is 13.7. The molecule has 3 nitrogen and oxygen atoms in total. The summed E-state index contributed by atoms with van der Waals surface area (Å²) in [6, 6.07) is 7.32. The van der Waals surface area contributed by atoms with Crippen molar-refractivity contribution in [2.24, 2.45) is 0 Å². The summed E-state index contributed by atoms with van der Waals surface area (Å²) in [6.45, 7) is 0.00452. The smallest absolute Gasteiger partial charge is 0.285 e. The maximum Gasteiger partial charge on any atom is 0.285 e. The van der Waals surface area contributed by atoms with Crippen LogP contribution in [0.3, 0.4) is 0 Å². The van der Waals surface area contributed by atoms with Crippen molar-refractivity contribution < 1.29 is 9.90 Å². The van der Waals surface area contributed by atoms with Crippen molar-refractivity contribution in [1.82, 2.24) is 4.90 Å². The van der Waals surface area contributed by atoms with Gasteiger partial charge in [0.05, 0.1) is 6.61 Å². The molecule has 0 radical (unpaired) electrons. The van der Waals surface area contributed by atoms with Crippen LogP contribution >= 0.6 is 11.8 Å². The van der Waals surface area contributed by atoms with Gasteiger partial charge in [-0.1, -0.05) is 12.1 Å². The van der Waals surface area contributed by atoms with Crippen molar-refractivity contribution in [3.05, 3.63) is 29.8 Å². The minimum absolute atomic E-state index is 0.00452. The highest BCUT2D eigenvalue weighted by atomic mass is 32.2. The van der Waals surface area contributed by atoms with E-state index in [-0.39, 0.29) is 11.8 Å². The Morgan fingerprint density at radius 1 is 1.50 bits per heavy atom. The number of carbonyl (C=O) groups is 1. The first-order valence-corrected chi connectivity index (χ1v) is 5.04. The van der Waals surface area contributed by atoms with Gasteiger partial charge in [0.25, 0.3) is 5.24 Å². The van der Waals surface area contributed by atoms with Crippen molar-refractivity contribution in [3.8, 4) is 0 Å². The quantitative estimate of drug-likeness (QED) is 0.760. The van der Waals surface area contributed by atoms with Crippen molar-refractivity contribution in [2.45, 2.75) is 11.5 Å². The molecule has 0 saturated heterocycles. The molecule has 1 aromatic rings. The number of aliphatic hydroxyl groups excluding tert-OH is 1. The largest absolute Gasteiger partial charge is 0.392 e. The SMILES string of the molecule is CN(C)C(=O)Sc1cccc(CO)c1. The molecular weight excluding hydrogens is 198 g/mol. The molecule has 1 aromatic carbocycles. The van der Waals surface area contributed by atoms with Crippen LogP contribution in [0.4, 0.5) is 4.79 Å². The molecule has 0 fully saturated rings. The lowest BCUT2D eigenvalue weighted by atomic mass is 10.2.